The number of carbonyl (C=O) groups excluding carboxylic acids is 2. The molecule has 36 heavy (non-hydrogen) atoms. The van der Waals surface area contributed by atoms with Crippen molar-refractivity contribution in [3.8, 4) is 0 Å². The highest BCUT2D eigenvalue weighted by Gasteiger charge is 2.30. The van der Waals surface area contributed by atoms with Gasteiger partial charge in [-0.25, -0.2) is 0 Å². The molecule has 0 spiro atoms. The minimum absolute atomic E-state index is 0.208. The molecule has 0 saturated carbocycles. The number of esters is 1. The van der Waals surface area contributed by atoms with Crippen molar-refractivity contribution in [3.05, 3.63) is 71.8 Å². The fourth-order valence-electron chi connectivity index (χ4n) is 4.13. The molecule has 2 aromatic rings. The predicted molar refractivity (Wildman–Crippen MR) is 143 cm³/mol. The first kappa shape index (κ1) is 29.7. The van der Waals surface area contributed by atoms with E-state index in [0.29, 0.717) is 44.9 Å². The van der Waals surface area contributed by atoms with E-state index in [-0.39, 0.29) is 18.4 Å². The van der Waals surface area contributed by atoms with Crippen LogP contribution in [0.5, 0.6) is 0 Å². The largest absolute Gasteiger partial charge is 0.460 e. The quantitative estimate of drug-likeness (QED) is 0.277. The Labute approximate surface area is 216 Å². The molecule has 0 aromatic heterocycles. The Morgan fingerprint density at radius 1 is 0.722 bits per heavy atom. The second kappa shape index (κ2) is 14.3. The molecular weight excluding hydrogens is 452 g/mol. The Hall–Kier alpha value is -2.50. The number of Topliss-reactive ketones (excluding diaryl/α,β-unsaturated/α-hetero) is 1. The van der Waals surface area contributed by atoms with E-state index in [2.05, 4.69) is 0 Å². The molecule has 0 aliphatic rings. The number of ether oxygens (including phenoxy) is 1. The third-order valence-corrected chi connectivity index (χ3v) is 7.04. The number of aliphatic hydroxyl groups is 2. The zero-order valence-electron chi connectivity index (χ0n) is 22.4. The lowest BCUT2D eigenvalue weighted by Gasteiger charge is -2.25. The fraction of sp³-hybridized carbons (Fsp3) is 0.548. The Morgan fingerprint density at radius 2 is 1.19 bits per heavy atom. The summed E-state index contributed by atoms with van der Waals surface area (Å²) < 4.78 is 5.46. The van der Waals surface area contributed by atoms with Crippen molar-refractivity contribution in [3.63, 3.8) is 0 Å². The van der Waals surface area contributed by atoms with Gasteiger partial charge >= 0.3 is 5.97 Å². The van der Waals surface area contributed by atoms with E-state index < -0.39 is 23.0 Å². The highest BCUT2D eigenvalue weighted by atomic mass is 16.5. The lowest BCUT2D eigenvalue weighted by Crippen LogP contribution is -2.28. The number of aryl methyl sites for hydroxylation is 1. The van der Waals surface area contributed by atoms with E-state index in [1.165, 1.54) is 0 Å². The molecule has 0 bridgehead atoms. The summed E-state index contributed by atoms with van der Waals surface area (Å²) in [4.78, 5) is 25.2. The average molecular weight is 497 g/mol. The summed E-state index contributed by atoms with van der Waals surface area (Å²) in [5.41, 5.74) is 0.914. The summed E-state index contributed by atoms with van der Waals surface area (Å²) in [6, 6.07) is 19.6. The summed E-state index contributed by atoms with van der Waals surface area (Å²) in [7, 11) is 0. The molecule has 0 radical (unpaired) electrons. The van der Waals surface area contributed by atoms with Crippen molar-refractivity contribution >= 4 is 11.8 Å². The number of ketones is 1. The first-order valence-corrected chi connectivity index (χ1v) is 13.1. The minimum atomic E-state index is -0.696. The molecule has 2 N–H and O–H groups in total. The SMILES string of the molecule is CC(C)(CCC(O)CCC(O)CCC(C)(C)C(=O)OCc1ccccc1)C(=O)CCc1ccccc1. The van der Waals surface area contributed by atoms with Gasteiger partial charge in [0, 0.05) is 11.8 Å². The van der Waals surface area contributed by atoms with Gasteiger partial charge in [-0.3, -0.25) is 9.59 Å². The van der Waals surface area contributed by atoms with Crippen molar-refractivity contribution in [2.45, 2.75) is 97.9 Å². The maximum absolute atomic E-state index is 12.7. The monoisotopic (exact) mass is 496 g/mol. The van der Waals surface area contributed by atoms with Gasteiger partial charge in [0.15, 0.2) is 0 Å². The molecule has 0 aliphatic heterocycles. The molecule has 5 nitrogen and oxygen atoms in total. The minimum Gasteiger partial charge on any atom is -0.460 e. The summed E-state index contributed by atoms with van der Waals surface area (Å²) in [6.45, 7) is 7.79. The van der Waals surface area contributed by atoms with E-state index in [1.807, 2.05) is 88.4 Å². The molecule has 0 aliphatic carbocycles. The Morgan fingerprint density at radius 3 is 1.72 bits per heavy atom. The van der Waals surface area contributed by atoms with Crippen LogP contribution in [0.3, 0.4) is 0 Å². The van der Waals surface area contributed by atoms with E-state index in [9.17, 15) is 19.8 Å². The van der Waals surface area contributed by atoms with Crippen LogP contribution in [0, 0.1) is 10.8 Å². The molecular formula is C31H44O5. The number of benzene rings is 2. The van der Waals surface area contributed by atoms with Crippen LogP contribution in [0.25, 0.3) is 0 Å². The maximum Gasteiger partial charge on any atom is 0.311 e. The molecule has 2 rings (SSSR count). The summed E-state index contributed by atoms with van der Waals surface area (Å²) in [5.74, 6) is -0.0716. The molecule has 0 heterocycles. The second-order valence-electron chi connectivity index (χ2n) is 11.2. The predicted octanol–water partition coefficient (Wildman–Crippen LogP) is 6.05. The standard InChI is InChI=1S/C31H44O5/c1-30(2,28(34)18-15-24-11-7-5-8-12-24)21-19-26(32)16-17-27(33)20-22-31(3,4)29(35)36-23-25-13-9-6-10-14-25/h5-14,26-27,32-33H,15-23H2,1-4H3. The van der Waals surface area contributed by atoms with Crippen molar-refractivity contribution in [2.75, 3.05) is 0 Å². The Bertz CT molecular complexity index is 843. The number of rotatable bonds is 16. The Kier molecular flexibility index (Phi) is 11.8. The first-order chi connectivity index (χ1) is 17.0. The molecule has 2 atom stereocenters. The molecule has 198 valence electrons. The van der Waals surface area contributed by atoms with Crippen molar-refractivity contribution in [1.29, 1.82) is 0 Å². The molecule has 0 saturated heterocycles. The van der Waals surface area contributed by atoms with Gasteiger partial charge in [0.05, 0.1) is 17.6 Å². The number of carbonyl (C=O) groups is 2. The molecule has 5 heteroatoms. The molecule has 0 amide bonds. The summed E-state index contributed by atoms with van der Waals surface area (Å²) in [5, 5.41) is 20.9. The highest BCUT2D eigenvalue weighted by Crippen LogP contribution is 2.29. The van der Waals surface area contributed by atoms with Crippen molar-refractivity contribution in [2.24, 2.45) is 10.8 Å². The number of aliphatic hydroxyl groups excluding tert-OH is 2. The molecule has 2 aromatic carbocycles. The second-order valence-corrected chi connectivity index (χ2v) is 11.2. The van der Waals surface area contributed by atoms with E-state index in [4.69, 9.17) is 4.74 Å². The van der Waals surface area contributed by atoms with Gasteiger partial charge in [-0.1, -0.05) is 74.5 Å². The lowest BCUT2D eigenvalue weighted by atomic mass is 9.80. The molecule has 2 unspecified atom stereocenters. The highest BCUT2D eigenvalue weighted by molar-refractivity contribution is 5.84. The van der Waals surface area contributed by atoms with Crippen molar-refractivity contribution in [1.82, 2.24) is 0 Å². The topological polar surface area (TPSA) is 83.8 Å². The first-order valence-electron chi connectivity index (χ1n) is 13.1. The van der Waals surface area contributed by atoms with Crippen LogP contribution < -0.4 is 0 Å². The van der Waals surface area contributed by atoms with Crippen LogP contribution in [0.4, 0.5) is 0 Å². The van der Waals surface area contributed by atoms with Gasteiger partial charge < -0.3 is 14.9 Å². The van der Waals surface area contributed by atoms with Crippen molar-refractivity contribution < 1.29 is 24.5 Å². The zero-order valence-corrected chi connectivity index (χ0v) is 22.4. The van der Waals surface area contributed by atoms with Crippen LogP contribution in [-0.4, -0.2) is 34.2 Å². The van der Waals surface area contributed by atoms with Gasteiger partial charge in [-0.05, 0) is 69.9 Å². The maximum atomic E-state index is 12.7. The third kappa shape index (κ3) is 10.6. The van der Waals surface area contributed by atoms with Gasteiger partial charge in [-0.2, -0.15) is 0 Å². The van der Waals surface area contributed by atoms with Crippen LogP contribution >= 0.6 is 0 Å². The summed E-state index contributed by atoms with van der Waals surface area (Å²) in [6.07, 6.45) is 3.08. The van der Waals surface area contributed by atoms with E-state index in [0.717, 1.165) is 17.5 Å². The Balaban J connectivity index is 1.65. The van der Waals surface area contributed by atoms with Crippen LogP contribution in [0.2, 0.25) is 0 Å². The van der Waals surface area contributed by atoms with E-state index in [1.54, 1.807) is 0 Å². The van der Waals surface area contributed by atoms with Gasteiger partial charge in [-0.15, -0.1) is 0 Å². The van der Waals surface area contributed by atoms with E-state index >= 15 is 0 Å². The zero-order chi connectivity index (χ0) is 26.6. The summed E-state index contributed by atoms with van der Waals surface area (Å²) >= 11 is 0. The average Bonchev–Trinajstić information content (AvgIpc) is 2.87. The van der Waals surface area contributed by atoms with Gasteiger partial charge in [0.1, 0.15) is 12.4 Å². The van der Waals surface area contributed by atoms with Crippen LogP contribution in [0.15, 0.2) is 60.7 Å². The van der Waals surface area contributed by atoms with Gasteiger partial charge in [0.25, 0.3) is 0 Å². The molecule has 0 fully saturated rings. The van der Waals surface area contributed by atoms with Crippen LogP contribution in [0.1, 0.15) is 83.8 Å². The third-order valence-electron chi connectivity index (χ3n) is 7.04. The number of hydrogen-bond donors (Lipinski definition) is 2. The lowest BCUT2D eigenvalue weighted by molar-refractivity contribution is -0.156. The normalized spacial score (nSPS) is 13.7. The van der Waals surface area contributed by atoms with Crippen LogP contribution in [-0.2, 0) is 27.4 Å². The fourth-order valence-corrected chi connectivity index (χ4v) is 4.13. The smallest absolute Gasteiger partial charge is 0.311 e. The van der Waals surface area contributed by atoms with Gasteiger partial charge in [0.2, 0.25) is 0 Å². The number of hydrogen-bond acceptors (Lipinski definition) is 5.